The Hall–Kier alpha value is -3.52. The molecule has 0 bridgehead atoms. The SMILES string of the molecule is COc1cc(C(=O)N2CCC3(CC2)Oc2ccccc2-c2c3cnn2C)ccc1OC[C@H](C)OC. The van der Waals surface area contributed by atoms with E-state index in [0.717, 1.165) is 22.6 Å². The zero-order valence-electron chi connectivity index (χ0n) is 20.6. The maximum absolute atomic E-state index is 13.4. The van der Waals surface area contributed by atoms with Gasteiger partial charge in [0.2, 0.25) is 0 Å². The van der Waals surface area contributed by atoms with E-state index in [1.54, 1.807) is 32.4 Å². The molecule has 184 valence electrons. The van der Waals surface area contributed by atoms with Crippen LogP contribution in [0.2, 0.25) is 0 Å². The van der Waals surface area contributed by atoms with E-state index in [-0.39, 0.29) is 12.0 Å². The predicted octanol–water partition coefficient (Wildman–Crippen LogP) is 4.03. The molecule has 0 radical (unpaired) electrons. The second-order valence-electron chi connectivity index (χ2n) is 9.14. The van der Waals surface area contributed by atoms with E-state index in [9.17, 15) is 4.79 Å². The fourth-order valence-electron chi connectivity index (χ4n) is 4.93. The fraction of sp³-hybridized carbons (Fsp3) is 0.407. The molecule has 3 aromatic rings. The van der Waals surface area contributed by atoms with E-state index in [1.807, 2.05) is 47.9 Å². The molecule has 1 amide bonds. The largest absolute Gasteiger partial charge is 0.493 e. The van der Waals surface area contributed by atoms with Gasteiger partial charge in [-0.2, -0.15) is 5.10 Å². The van der Waals surface area contributed by atoms with Crippen molar-refractivity contribution >= 4 is 5.91 Å². The number of carbonyl (C=O) groups is 1. The summed E-state index contributed by atoms with van der Waals surface area (Å²) in [6.07, 6.45) is 3.26. The minimum absolute atomic E-state index is 0.0300. The quantitative estimate of drug-likeness (QED) is 0.534. The van der Waals surface area contributed by atoms with Crippen LogP contribution in [-0.2, 0) is 17.4 Å². The van der Waals surface area contributed by atoms with E-state index < -0.39 is 5.60 Å². The Morgan fingerprint density at radius 2 is 1.91 bits per heavy atom. The van der Waals surface area contributed by atoms with Gasteiger partial charge in [0.25, 0.3) is 5.91 Å². The molecule has 8 heteroatoms. The number of amides is 1. The van der Waals surface area contributed by atoms with Crippen molar-refractivity contribution in [3.63, 3.8) is 0 Å². The van der Waals surface area contributed by atoms with Gasteiger partial charge in [-0.25, -0.2) is 0 Å². The summed E-state index contributed by atoms with van der Waals surface area (Å²) in [5.41, 5.74) is 3.33. The molecule has 1 saturated heterocycles. The molecule has 2 aliphatic rings. The molecule has 2 aliphatic heterocycles. The highest BCUT2D eigenvalue weighted by molar-refractivity contribution is 5.95. The summed E-state index contributed by atoms with van der Waals surface area (Å²) in [5.74, 6) is 1.95. The number of methoxy groups -OCH3 is 2. The number of nitrogens with zero attached hydrogens (tertiary/aromatic N) is 3. The second kappa shape index (κ2) is 9.26. The summed E-state index contributed by atoms with van der Waals surface area (Å²) in [5, 5.41) is 4.53. The van der Waals surface area contributed by atoms with Crippen LogP contribution < -0.4 is 14.2 Å². The molecule has 0 aliphatic carbocycles. The van der Waals surface area contributed by atoms with Gasteiger partial charge >= 0.3 is 0 Å². The van der Waals surface area contributed by atoms with Gasteiger partial charge in [-0.05, 0) is 37.3 Å². The average molecular weight is 478 g/mol. The zero-order chi connectivity index (χ0) is 24.6. The Bertz CT molecular complexity index is 1230. The molecule has 0 saturated carbocycles. The van der Waals surface area contributed by atoms with E-state index in [0.29, 0.717) is 49.6 Å². The number of rotatable bonds is 6. The van der Waals surface area contributed by atoms with Crippen LogP contribution in [0.5, 0.6) is 17.2 Å². The Balaban J connectivity index is 1.32. The summed E-state index contributed by atoms with van der Waals surface area (Å²) < 4.78 is 25.0. The van der Waals surface area contributed by atoms with Gasteiger partial charge in [-0.1, -0.05) is 12.1 Å². The number of hydrogen-bond donors (Lipinski definition) is 0. The van der Waals surface area contributed by atoms with Crippen molar-refractivity contribution in [2.75, 3.05) is 33.9 Å². The molecule has 3 heterocycles. The summed E-state index contributed by atoms with van der Waals surface area (Å²) >= 11 is 0. The molecular weight excluding hydrogens is 446 g/mol. The molecular formula is C27H31N3O5. The first-order valence-corrected chi connectivity index (χ1v) is 11.9. The number of aromatic nitrogens is 2. The minimum Gasteiger partial charge on any atom is -0.493 e. The normalized spacial score (nSPS) is 16.7. The first kappa shape index (κ1) is 23.2. The number of carbonyl (C=O) groups excluding carboxylic acids is 1. The molecule has 35 heavy (non-hydrogen) atoms. The number of benzene rings is 2. The molecule has 1 fully saturated rings. The molecule has 1 spiro atoms. The van der Waals surface area contributed by atoms with Gasteiger partial charge in [0.05, 0.1) is 25.1 Å². The lowest BCUT2D eigenvalue weighted by Crippen LogP contribution is -2.49. The van der Waals surface area contributed by atoms with Crippen LogP contribution in [0.3, 0.4) is 0 Å². The third-order valence-electron chi connectivity index (χ3n) is 7.02. The molecule has 0 N–H and O–H groups in total. The van der Waals surface area contributed by atoms with Crippen molar-refractivity contribution in [3.05, 3.63) is 59.8 Å². The number of fused-ring (bicyclic) bond motifs is 4. The number of likely N-dealkylation sites (tertiary alicyclic amines) is 1. The second-order valence-corrected chi connectivity index (χ2v) is 9.14. The van der Waals surface area contributed by atoms with Crippen LogP contribution in [0.1, 0.15) is 35.7 Å². The molecule has 1 aromatic heterocycles. The van der Waals surface area contributed by atoms with Gasteiger partial charge < -0.3 is 23.8 Å². The first-order valence-electron chi connectivity index (χ1n) is 11.9. The highest BCUT2D eigenvalue weighted by Crippen LogP contribution is 2.49. The van der Waals surface area contributed by atoms with Gasteiger partial charge in [0, 0.05) is 56.8 Å². The van der Waals surface area contributed by atoms with Gasteiger partial charge in [0.15, 0.2) is 11.5 Å². The number of ether oxygens (including phenoxy) is 4. The monoisotopic (exact) mass is 477 g/mol. The van der Waals surface area contributed by atoms with Crippen molar-refractivity contribution in [2.24, 2.45) is 7.05 Å². The topological polar surface area (TPSA) is 75.0 Å². The molecule has 2 aromatic carbocycles. The van der Waals surface area contributed by atoms with Gasteiger partial charge in [0.1, 0.15) is 18.0 Å². The Morgan fingerprint density at radius 3 is 2.66 bits per heavy atom. The minimum atomic E-state index is -0.484. The van der Waals surface area contributed by atoms with Crippen LogP contribution in [0.25, 0.3) is 11.3 Å². The number of para-hydroxylation sites is 1. The predicted molar refractivity (Wildman–Crippen MR) is 131 cm³/mol. The third kappa shape index (κ3) is 4.12. The molecule has 0 unspecified atom stereocenters. The number of hydrogen-bond acceptors (Lipinski definition) is 6. The van der Waals surface area contributed by atoms with E-state index >= 15 is 0 Å². The van der Waals surface area contributed by atoms with Gasteiger partial charge in [-0.3, -0.25) is 9.48 Å². The van der Waals surface area contributed by atoms with Crippen LogP contribution in [0.15, 0.2) is 48.7 Å². The lowest BCUT2D eigenvalue weighted by molar-refractivity contribution is -0.00173. The van der Waals surface area contributed by atoms with Crippen LogP contribution in [-0.4, -0.2) is 60.6 Å². The maximum atomic E-state index is 13.4. The van der Waals surface area contributed by atoms with E-state index in [4.69, 9.17) is 18.9 Å². The molecule has 1 atom stereocenters. The molecule has 8 nitrogen and oxygen atoms in total. The Kier molecular flexibility index (Phi) is 6.15. The zero-order valence-corrected chi connectivity index (χ0v) is 20.6. The lowest BCUT2D eigenvalue weighted by Gasteiger charge is -2.44. The molecule has 5 rings (SSSR count). The standard InChI is InChI=1S/C27H31N3O5/c1-18(32-3)17-34-23-10-9-19(15-24(23)33-4)26(31)30-13-11-27(12-14-30)21-16-28-29(2)25(21)20-7-5-6-8-22(20)35-27/h5-10,15-16,18H,11-14,17H2,1-4H3/t18-/m0/s1. The van der Waals surface area contributed by atoms with Gasteiger partial charge in [-0.15, -0.1) is 0 Å². The van der Waals surface area contributed by atoms with E-state index in [1.165, 1.54) is 0 Å². The fourth-order valence-corrected chi connectivity index (χ4v) is 4.93. The van der Waals surface area contributed by atoms with Crippen LogP contribution in [0.4, 0.5) is 0 Å². The van der Waals surface area contributed by atoms with Crippen LogP contribution >= 0.6 is 0 Å². The summed E-state index contributed by atoms with van der Waals surface area (Å²) in [7, 11) is 5.18. The van der Waals surface area contributed by atoms with E-state index in [2.05, 4.69) is 11.2 Å². The van der Waals surface area contributed by atoms with Crippen molar-refractivity contribution < 1.29 is 23.7 Å². The van der Waals surface area contributed by atoms with Crippen molar-refractivity contribution in [2.45, 2.75) is 31.5 Å². The first-order chi connectivity index (χ1) is 17.0. The Labute approximate surface area is 205 Å². The summed E-state index contributed by atoms with van der Waals surface area (Å²) in [6, 6.07) is 13.4. The highest BCUT2D eigenvalue weighted by Gasteiger charge is 2.45. The summed E-state index contributed by atoms with van der Waals surface area (Å²) in [4.78, 5) is 15.2. The van der Waals surface area contributed by atoms with Crippen molar-refractivity contribution in [1.82, 2.24) is 14.7 Å². The average Bonchev–Trinajstić information content (AvgIpc) is 3.30. The third-order valence-corrected chi connectivity index (χ3v) is 7.02. The van der Waals surface area contributed by atoms with Crippen molar-refractivity contribution in [3.8, 4) is 28.5 Å². The highest BCUT2D eigenvalue weighted by atomic mass is 16.5. The number of piperidine rings is 1. The summed E-state index contributed by atoms with van der Waals surface area (Å²) in [6.45, 7) is 3.49. The maximum Gasteiger partial charge on any atom is 0.253 e. The smallest absolute Gasteiger partial charge is 0.253 e. The Morgan fingerprint density at radius 1 is 1.14 bits per heavy atom. The van der Waals surface area contributed by atoms with Crippen molar-refractivity contribution in [1.29, 1.82) is 0 Å². The van der Waals surface area contributed by atoms with Crippen LogP contribution in [0, 0.1) is 0 Å². The lowest BCUT2D eigenvalue weighted by atomic mass is 9.81. The number of aryl methyl sites for hydroxylation is 1.